The van der Waals surface area contributed by atoms with Gasteiger partial charge in [0.2, 0.25) is 0 Å². The van der Waals surface area contributed by atoms with E-state index in [0.717, 1.165) is 0 Å². The van der Waals surface area contributed by atoms with Crippen molar-refractivity contribution in [3.63, 3.8) is 0 Å². The van der Waals surface area contributed by atoms with Crippen molar-refractivity contribution >= 4 is 16.1 Å². The van der Waals surface area contributed by atoms with Gasteiger partial charge in [-0.15, -0.1) is 0 Å². The summed E-state index contributed by atoms with van der Waals surface area (Å²) in [6.07, 6.45) is 0.365. The summed E-state index contributed by atoms with van der Waals surface area (Å²) in [5.74, 6) is 0. The summed E-state index contributed by atoms with van der Waals surface area (Å²) >= 11 is 0. The van der Waals surface area contributed by atoms with Crippen LogP contribution in [-0.4, -0.2) is 28.0 Å². The Morgan fingerprint density at radius 1 is 1.57 bits per heavy atom. The third-order valence-electron chi connectivity index (χ3n) is 1.73. The number of hydrogen-bond donors (Lipinski definition) is 3. The van der Waals surface area contributed by atoms with E-state index >= 15 is 0 Å². The van der Waals surface area contributed by atoms with Gasteiger partial charge in [0.1, 0.15) is 0 Å². The minimum absolute atomic E-state index is 0.00353. The SMILES string of the molecule is CCOC(CCCN)([PH+]=O)P(=O)(O)O. The third kappa shape index (κ3) is 3.39. The first kappa shape index (κ1) is 14.2. The van der Waals surface area contributed by atoms with Gasteiger partial charge in [0, 0.05) is 13.0 Å². The summed E-state index contributed by atoms with van der Waals surface area (Å²) in [5, 5.41) is -1.86. The monoisotopic (exact) mass is 244 g/mol. The van der Waals surface area contributed by atoms with E-state index in [0.29, 0.717) is 6.42 Å². The van der Waals surface area contributed by atoms with Crippen LogP contribution in [0.1, 0.15) is 19.8 Å². The minimum atomic E-state index is -4.53. The van der Waals surface area contributed by atoms with E-state index < -0.39 is 21.1 Å². The number of rotatable bonds is 7. The highest BCUT2D eigenvalue weighted by atomic mass is 31.2. The zero-order valence-corrected chi connectivity index (χ0v) is 9.87. The summed E-state index contributed by atoms with van der Waals surface area (Å²) in [6, 6.07) is 0. The van der Waals surface area contributed by atoms with Crippen molar-refractivity contribution in [3.05, 3.63) is 0 Å². The molecule has 0 saturated heterocycles. The van der Waals surface area contributed by atoms with Crippen LogP contribution < -0.4 is 5.73 Å². The van der Waals surface area contributed by atoms with Gasteiger partial charge in [0.05, 0.1) is 0 Å². The summed E-state index contributed by atoms with van der Waals surface area (Å²) in [5.41, 5.74) is 5.22. The summed E-state index contributed by atoms with van der Waals surface area (Å²) in [7, 11) is -5.73. The highest BCUT2D eigenvalue weighted by Gasteiger charge is 2.56. The van der Waals surface area contributed by atoms with Crippen molar-refractivity contribution in [2.45, 2.75) is 24.8 Å². The molecule has 0 aliphatic carbocycles. The maximum absolute atomic E-state index is 11.1. The maximum atomic E-state index is 11.1. The fourth-order valence-corrected chi connectivity index (χ4v) is 2.73. The minimum Gasteiger partial charge on any atom is -0.330 e. The van der Waals surface area contributed by atoms with Crippen LogP contribution >= 0.6 is 16.1 Å². The van der Waals surface area contributed by atoms with Gasteiger partial charge in [-0.1, -0.05) is 4.57 Å². The Morgan fingerprint density at radius 3 is 2.43 bits per heavy atom. The molecule has 0 aromatic heterocycles. The van der Waals surface area contributed by atoms with Crippen LogP contribution in [0.4, 0.5) is 0 Å². The van der Waals surface area contributed by atoms with Crippen LogP contribution in [0.5, 0.6) is 0 Å². The molecule has 0 amide bonds. The van der Waals surface area contributed by atoms with E-state index in [2.05, 4.69) is 0 Å². The van der Waals surface area contributed by atoms with Gasteiger partial charge in [-0.25, -0.2) is 0 Å². The Hall–Kier alpha value is 0.170. The maximum Gasteiger partial charge on any atom is 0.407 e. The van der Waals surface area contributed by atoms with Gasteiger partial charge >= 0.3 is 21.1 Å². The summed E-state index contributed by atoms with van der Waals surface area (Å²) < 4.78 is 26.9. The molecule has 6 nitrogen and oxygen atoms in total. The third-order valence-corrected chi connectivity index (χ3v) is 4.89. The summed E-state index contributed by atoms with van der Waals surface area (Å²) in [6.45, 7) is 1.97. The predicted octanol–water partition coefficient (Wildman–Crippen LogP) is 0.617. The zero-order valence-electron chi connectivity index (χ0n) is 7.97. The van der Waals surface area contributed by atoms with Gasteiger partial charge in [0.15, 0.2) is 0 Å². The molecule has 0 bridgehead atoms. The molecule has 0 aromatic carbocycles. The molecule has 14 heavy (non-hydrogen) atoms. The molecule has 0 spiro atoms. The van der Waals surface area contributed by atoms with Crippen molar-refractivity contribution < 1.29 is 23.7 Å². The van der Waals surface area contributed by atoms with Gasteiger partial charge < -0.3 is 20.3 Å². The Bertz CT molecular complexity index is 230. The Labute approximate surface area is 84.2 Å². The lowest BCUT2D eigenvalue weighted by atomic mass is 10.3. The van der Waals surface area contributed by atoms with Gasteiger partial charge in [-0.05, 0) is 19.9 Å². The first-order chi connectivity index (χ1) is 6.43. The molecule has 0 fully saturated rings. The average molecular weight is 244 g/mol. The van der Waals surface area contributed by atoms with Crippen LogP contribution in [-0.2, 0) is 13.9 Å². The second-order valence-electron chi connectivity index (χ2n) is 2.76. The molecule has 2 unspecified atom stereocenters. The average Bonchev–Trinajstić information content (AvgIpc) is 2.10. The smallest absolute Gasteiger partial charge is 0.330 e. The van der Waals surface area contributed by atoms with E-state index in [1.807, 2.05) is 0 Å². The molecule has 4 N–H and O–H groups in total. The normalized spacial score (nSPS) is 16.9. The molecular weight excluding hydrogens is 228 g/mol. The number of hydrogen-bond acceptors (Lipinski definition) is 4. The lowest BCUT2D eigenvalue weighted by Crippen LogP contribution is -2.27. The topological polar surface area (TPSA) is 110 Å². The molecule has 8 heteroatoms. The van der Waals surface area contributed by atoms with Crippen molar-refractivity contribution in [1.29, 1.82) is 0 Å². The van der Waals surface area contributed by atoms with Crippen molar-refractivity contribution in [2.24, 2.45) is 5.73 Å². The van der Waals surface area contributed by atoms with Gasteiger partial charge in [0.25, 0.3) is 0 Å². The zero-order chi connectivity index (χ0) is 11.2. The van der Waals surface area contributed by atoms with Crippen molar-refractivity contribution in [1.82, 2.24) is 0 Å². The fourth-order valence-electron chi connectivity index (χ4n) is 1.02. The molecular formula is C6H16NO5P2+. The first-order valence-electron chi connectivity index (χ1n) is 4.22. The molecule has 2 atom stereocenters. The largest absolute Gasteiger partial charge is 0.407 e. The van der Waals surface area contributed by atoms with Crippen LogP contribution in [0.25, 0.3) is 0 Å². The Morgan fingerprint density at radius 2 is 2.14 bits per heavy atom. The molecule has 0 aliphatic rings. The van der Waals surface area contributed by atoms with E-state index in [-0.39, 0.29) is 19.6 Å². The second kappa shape index (κ2) is 5.91. The Kier molecular flexibility index (Phi) is 5.98. The van der Waals surface area contributed by atoms with Crippen molar-refractivity contribution in [3.8, 4) is 0 Å². The summed E-state index contributed by atoms with van der Waals surface area (Å²) in [4.78, 5) is 18.1. The van der Waals surface area contributed by atoms with E-state index in [4.69, 9.17) is 20.3 Å². The molecule has 0 rings (SSSR count). The molecule has 0 heterocycles. The molecule has 0 saturated carbocycles. The lowest BCUT2D eigenvalue weighted by Gasteiger charge is -2.21. The molecule has 0 aliphatic heterocycles. The highest BCUT2D eigenvalue weighted by Crippen LogP contribution is 2.59. The molecule has 84 valence electrons. The highest BCUT2D eigenvalue weighted by molar-refractivity contribution is 7.63. The standard InChI is InChI=1S/C6H15NO5P2/c1-2-12-6(13-8,4-3-5-7)14(9,10)11/h2-5,7H2,1H3,(H2,9,10,11)/p+1. The van der Waals surface area contributed by atoms with Crippen molar-refractivity contribution in [2.75, 3.05) is 13.2 Å². The van der Waals surface area contributed by atoms with Gasteiger partial charge in [-0.2, -0.15) is 0 Å². The second-order valence-corrected chi connectivity index (χ2v) is 6.00. The van der Waals surface area contributed by atoms with E-state index in [1.54, 1.807) is 6.92 Å². The Balaban J connectivity index is 4.79. The van der Waals surface area contributed by atoms with Crippen LogP contribution in [0, 0.1) is 0 Å². The lowest BCUT2D eigenvalue weighted by molar-refractivity contribution is 0.0603. The van der Waals surface area contributed by atoms with Gasteiger partial charge in [-0.3, -0.25) is 4.57 Å². The molecule has 0 aromatic rings. The van der Waals surface area contributed by atoms with E-state index in [9.17, 15) is 9.13 Å². The number of ether oxygens (including phenoxy) is 1. The quantitative estimate of drug-likeness (QED) is 0.566. The van der Waals surface area contributed by atoms with Crippen LogP contribution in [0.2, 0.25) is 0 Å². The fraction of sp³-hybridized carbons (Fsp3) is 1.00. The van der Waals surface area contributed by atoms with Crippen LogP contribution in [0.15, 0.2) is 0 Å². The number of nitrogens with two attached hydrogens (primary N) is 1. The first-order valence-corrected chi connectivity index (χ1v) is 6.74. The van der Waals surface area contributed by atoms with Crippen LogP contribution in [0.3, 0.4) is 0 Å². The molecule has 0 radical (unpaired) electrons. The predicted molar refractivity (Wildman–Crippen MR) is 53.7 cm³/mol. The van der Waals surface area contributed by atoms with E-state index in [1.165, 1.54) is 0 Å².